The fourth-order valence-electron chi connectivity index (χ4n) is 4.52. The first-order valence-electron chi connectivity index (χ1n) is 14.4. The Hall–Kier alpha value is -5.22. The van der Waals surface area contributed by atoms with Crippen LogP contribution in [-0.4, -0.2) is 5.11 Å². The molecule has 0 aliphatic heterocycles. The van der Waals surface area contributed by atoms with Crippen LogP contribution in [-0.2, 0) is 0 Å². The number of azo groups is 4. The molecule has 0 atom stereocenters. The van der Waals surface area contributed by atoms with E-state index in [0.717, 1.165) is 0 Å². The van der Waals surface area contributed by atoms with Crippen LogP contribution in [0.1, 0.15) is 2.85 Å². The third kappa shape index (κ3) is 9.06. The molecule has 6 aromatic carbocycles. The minimum absolute atomic E-state index is 0. The third-order valence-corrected chi connectivity index (χ3v) is 7.05. The molecule has 0 fully saturated rings. The Morgan fingerprint density at radius 1 is 0.400 bits per heavy atom. The monoisotopic (exact) mass is 683 g/mol. The first-order chi connectivity index (χ1) is 23.2. The van der Waals surface area contributed by atoms with Gasteiger partial charge in [-0.05, 0) is 102 Å². The van der Waals surface area contributed by atoms with Gasteiger partial charge in [0, 0.05) is 11.4 Å². The van der Waals surface area contributed by atoms with Crippen molar-refractivity contribution < 1.29 is 67.1 Å². The topological polar surface area (TPSA) is 249 Å². The zero-order chi connectivity index (χ0) is 33.6. The summed E-state index contributed by atoms with van der Waals surface area (Å²) in [6.45, 7) is 0. The summed E-state index contributed by atoms with van der Waals surface area (Å²) in [5.74, 6) is -0.131. The molecule has 0 radical (unpaired) electrons. The number of phenolic OH excluding ortho intramolecular Hbond substituents is 1. The van der Waals surface area contributed by atoms with Crippen LogP contribution < -0.4 is 87.8 Å². The van der Waals surface area contributed by atoms with Crippen LogP contribution in [0.2, 0.25) is 0 Å². The molecule has 0 aliphatic rings. The molecule has 6 aromatic rings. The quantitative estimate of drug-likeness (QED) is 0.0772. The van der Waals surface area contributed by atoms with E-state index >= 15 is 0 Å². The molecule has 0 unspecified atom stereocenters. The number of nitrogens with zero attached hydrogens (tertiary/aromatic N) is 8. The number of rotatable bonds is 8. The number of anilines is 5. The molecule has 0 heterocycles. The van der Waals surface area contributed by atoms with Gasteiger partial charge >= 0.3 is 59.1 Å². The standard InChI is InChI=1S/C34H29N13O.2Na.2H/c35-20-3-15-28(26(37)17-20)44-40-22-5-9-24(10-6-22)42-46-30-13-1-19-2-14-31(34(48)32(19)33(30)39)47-43-25-11-7-23(8-12-25)41-45-29-16-4-21(36)18-27(29)38;;;;/h1-18,48H,35-39H2;;;;/q;2*+1;2*-1. The van der Waals surface area contributed by atoms with Gasteiger partial charge in [-0.2, -0.15) is 20.5 Å². The number of phenols is 1. The number of benzene rings is 6. The van der Waals surface area contributed by atoms with E-state index in [1.807, 2.05) is 0 Å². The van der Waals surface area contributed by atoms with Crippen molar-refractivity contribution in [1.29, 1.82) is 0 Å². The number of hydrogen-bond acceptors (Lipinski definition) is 14. The van der Waals surface area contributed by atoms with E-state index in [4.69, 9.17) is 28.7 Å². The second-order valence-corrected chi connectivity index (χ2v) is 10.5. The molecule has 0 saturated carbocycles. The minimum atomic E-state index is -0.131. The van der Waals surface area contributed by atoms with Gasteiger partial charge in [-0.3, -0.25) is 0 Å². The van der Waals surface area contributed by atoms with Gasteiger partial charge in [0.15, 0.2) is 5.75 Å². The fourth-order valence-corrected chi connectivity index (χ4v) is 4.52. The van der Waals surface area contributed by atoms with Crippen molar-refractivity contribution in [1.82, 2.24) is 0 Å². The van der Waals surface area contributed by atoms with Crippen molar-refractivity contribution in [3.63, 3.8) is 0 Å². The van der Waals surface area contributed by atoms with Crippen LogP contribution in [0.3, 0.4) is 0 Å². The largest absolute Gasteiger partial charge is 1.00 e. The third-order valence-electron chi connectivity index (χ3n) is 7.05. The molecule has 0 saturated heterocycles. The summed E-state index contributed by atoms with van der Waals surface area (Å²) < 4.78 is 0. The summed E-state index contributed by atoms with van der Waals surface area (Å²) in [7, 11) is 0. The van der Waals surface area contributed by atoms with Crippen LogP contribution in [0.25, 0.3) is 10.8 Å². The summed E-state index contributed by atoms with van der Waals surface area (Å²) in [5, 5.41) is 46.0. The summed E-state index contributed by atoms with van der Waals surface area (Å²) in [6, 6.07) is 30.9. The van der Waals surface area contributed by atoms with Gasteiger partial charge in [-0.1, -0.05) is 12.1 Å². The van der Waals surface area contributed by atoms with Gasteiger partial charge in [0.05, 0.1) is 45.2 Å². The summed E-state index contributed by atoms with van der Waals surface area (Å²) >= 11 is 0. The van der Waals surface area contributed by atoms with Crippen LogP contribution in [0, 0.1) is 0 Å². The molecule has 0 bridgehead atoms. The second-order valence-electron chi connectivity index (χ2n) is 10.5. The fraction of sp³-hybridized carbons (Fsp3) is 0. The Balaban J connectivity index is 0.00000234. The molecule has 0 aliphatic carbocycles. The predicted octanol–water partition coefficient (Wildman–Crippen LogP) is 4.35. The number of hydrogen-bond donors (Lipinski definition) is 6. The minimum Gasteiger partial charge on any atom is -1.00 e. The summed E-state index contributed by atoms with van der Waals surface area (Å²) in [4.78, 5) is 0. The van der Waals surface area contributed by atoms with E-state index in [0.29, 0.717) is 73.3 Å². The Morgan fingerprint density at radius 2 is 0.740 bits per heavy atom. The van der Waals surface area contributed by atoms with Crippen molar-refractivity contribution >= 4 is 84.7 Å². The van der Waals surface area contributed by atoms with E-state index in [1.54, 1.807) is 109 Å². The van der Waals surface area contributed by atoms with E-state index in [2.05, 4.69) is 40.9 Å². The summed E-state index contributed by atoms with van der Waals surface area (Å²) in [6.07, 6.45) is 0. The summed E-state index contributed by atoms with van der Waals surface area (Å²) in [5.41, 5.74) is 35.9. The Labute approximate surface area is 333 Å². The molecule has 0 aromatic heterocycles. The maximum Gasteiger partial charge on any atom is 1.00 e. The van der Waals surface area contributed by atoms with Crippen LogP contribution in [0.5, 0.6) is 5.75 Å². The zero-order valence-electron chi connectivity index (χ0n) is 29.3. The Morgan fingerprint density at radius 3 is 1.14 bits per heavy atom. The first-order valence-corrected chi connectivity index (χ1v) is 14.4. The maximum absolute atomic E-state index is 11.1. The molecular formula is C34H31N13Na2O. The second kappa shape index (κ2) is 16.9. The molecule has 240 valence electrons. The molecule has 50 heavy (non-hydrogen) atoms. The average molecular weight is 684 g/mol. The van der Waals surface area contributed by atoms with Gasteiger partial charge in [0.25, 0.3) is 0 Å². The molecule has 0 spiro atoms. The number of fused-ring (bicyclic) bond motifs is 1. The Kier molecular flexibility index (Phi) is 12.7. The van der Waals surface area contributed by atoms with Gasteiger partial charge in [-0.15, -0.1) is 20.5 Å². The SMILES string of the molecule is Nc1ccc(N=Nc2ccc(N=Nc3ccc4ccc(N=Nc5ccc(N=Nc6ccc(N)cc6N)cc5)c(O)c4c3N)cc2)c(N)c1.[H-].[H-].[Na+].[Na+]. The van der Waals surface area contributed by atoms with E-state index < -0.39 is 0 Å². The van der Waals surface area contributed by atoms with Gasteiger partial charge in [0.1, 0.15) is 22.7 Å². The molecule has 0 amide bonds. The van der Waals surface area contributed by atoms with Crippen molar-refractivity contribution in [2.75, 3.05) is 28.7 Å². The van der Waals surface area contributed by atoms with Gasteiger partial charge in [-0.25, -0.2) is 0 Å². The maximum atomic E-state index is 11.1. The van der Waals surface area contributed by atoms with Crippen LogP contribution >= 0.6 is 0 Å². The predicted molar refractivity (Wildman–Crippen MR) is 192 cm³/mol. The number of aromatic hydroxyl groups is 1. The molecular weight excluding hydrogens is 652 g/mol. The number of nitrogens with two attached hydrogens (primary N) is 5. The number of nitrogen functional groups attached to an aromatic ring is 5. The molecule has 11 N–H and O–H groups in total. The van der Waals surface area contributed by atoms with Crippen LogP contribution in [0.15, 0.2) is 150 Å². The molecule has 16 heteroatoms. The van der Waals surface area contributed by atoms with Gasteiger partial charge in [0.2, 0.25) is 0 Å². The van der Waals surface area contributed by atoms with Gasteiger partial charge < -0.3 is 36.6 Å². The van der Waals surface area contributed by atoms with Crippen molar-refractivity contribution in [3.8, 4) is 5.75 Å². The zero-order valence-corrected chi connectivity index (χ0v) is 31.3. The smallest absolute Gasteiger partial charge is 1.00 e. The Bertz CT molecular complexity index is 2110. The van der Waals surface area contributed by atoms with E-state index in [9.17, 15) is 5.11 Å². The normalized spacial score (nSPS) is 11.4. The molecule has 14 nitrogen and oxygen atoms in total. The van der Waals surface area contributed by atoms with Crippen molar-refractivity contribution in [2.24, 2.45) is 40.9 Å². The van der Waals surface area contributed by atoms with Crippen molar-refractivity contribution in [3.05, 3.63) is 109 Å². The van der Waals surface area contributed by atoms with Crippen molar-refractivity contribution in [2.45, 2.75) is 0 Å². The van der Waals surface area contributed by atoms with Crippen LogP contribution in [0.4, 0.5) is 73.9 Å². The van der Waals surface area contributed by atoms with E-state index in [1.165, 1.54) is 0 Å². The molecule has 6 rings (SSSR count). The van der Waals surface area contributed by atoms with E-state index in [-0.39, 0.29) is 79.1 Å². The average Bonchev–Trinajstić information content (AvgIpc) is 3.08. The first kappa shape index (κ1) is 37.6.